The van der Waals surface area contributed by atoms with Crippen LogP contribution in [-0.4, -0.2) is 119 Å². The second-order valence-corrected chi connectivity index (χ2v) is 23.7. The SMILES string of the molecule is CC(C)COC(=O)[C@H](C)NP(=O)(OC1CC1)[C@@H](F)c1ccc2sc(C(=O)N[C@H]3CC[C@H](N(C)C4CC(OC(F)(F)F)C4)C[C@H]4CC[C@@H](C(=O)N5C[C@H](c6ccccc6)CC56CC6)N4C3=O)cc2c1. The molecule has 19 heteroatoms. The highest BCUT2D eigenvalue weighted by molar-refractivity contribution is 7.57. The normalized spacial score (nSPS) is 28.7. The molecule has 2 aromatic carbocycles. The van der Waals surface area contributed by atoms with Crippen LogP contribution in [0, 0.1) is 5.92 Å². The summed E-state index contributed by atoms with van der Waals surface area (Å²) in [6, 6.07) is 12.9. The number of rotatable bonds is 16. The first-order valence-electron chi connectivity index (χ1n) is 24.2. The molecule has 68 heavy (non-hydrogen) atoms. The van der Waals surface area contributed by atoms with Gasteiger partial charge in [0.2, 0.25) is 17.7 Å². The van der Waals surface area contributed by atoms with Crippen molar-refractivity contribution in [3.8, 4) is 0 Å². The molecule has 3 saturated carbocycles. The number of nitrogens with one attached hydrogen (secondary N) is 2. The minimum atomic E-state index is -4.72. The molecule has 0 radical (unpaired) electrons. The van der Waals surface area contributed by atoms with E-state index in [2.05, 4.69) is 32.2 Å². The number of likely N-dealkylation sites (tertiary alicyclic amines) is 1. The largest absolute Gasteiger partial charge is 0.522 e. The van der Waals surface area contributed by atoms with Gasteiger partial charge in [-0.1, -0.05) is 50.2 Å². The minimum Gasteiger partial charge on any atom is -0.464 e. The summed E-state index contributed by atoms with van der Waals surface area (Å²) >= 11 is 1.15. The van der Waals surface area contributed by atoms with Crippen molar-refractivity contribution in [1.29, 1.82) is 0 Å². The maximum absolute atomic E-state index is 16.5. The summed E-state index contributed by atoms with van der Waals surface area (Å²) in [7, 11) is -2.41. The Kier molecular flexibility index (Phi) is 14.0. The van der Waals surface area contributed by atoms with Crippen LogP contribution >= 0.6 is 18.9 Å². The lowest BCUT2D eigenvalue weighted by Gasteiger charge is -2.47. The van der Waals surface area contributed by atoms with Gasteiger partial charge in [-0.25, -0.2) is 9.48 Å². The Morgan fingerprint density at radius 2 is 1.68 bits per heavy atom. The summed E-state index contributed by atoms with van der Waals surface area (Å²) in [5.41, 5.74) is 0.976. The summed E-state index contributed by atoms with van der Waals surface area (Å²) in [6.45, 7) is 5.92. The summed E-state index contributed by atoms with van der Waals surface area (Å²) in [5.74, 6) is -3.51. The second-order valence-electron chi connectivity index (χ2n) is 20.5. The van der Waals surface area contributed by atoms with Gasteiger partial charge in [0, 0.05) is 40.8 Å². The van der Waals surface area contributed by atoms with Gasteiger partial charge in [-0.2, -0.15) is 0 Å². The molecular formula is C49H62F4N5O8PS. The van der Waals surface area contributed by atoms with E-state index in [1.165, 1.54) is 24.6 Å². The Morgan fingerprint density at radius 3 is 2.35 bits per heavy atom. The van der Waals surface area contributed by atoms with Gasteiger partial charge < -0.3 is 29.3 Å². The van der Waals surface area contributed by atoms with Gasteiger partial charge in [-0.15, -0.1) is 24.5 Å². The van der Waals surface area contributed by atoms with Crippen LogP contribution in [0.15, 0.2) is 54.6 Å². The lowest BCUT2D eigenvalue weighted by atomic mass is 9.85. The van der Waals surface area contributed by atoms with Gasteiger partial charge in [-0.3, -0.25) is 28.5 Å². The standard InChI is InChI=1S/C49H62F4N5O8PS/c1-28(2)27-64-47(62)29(3)55-67(63,66-37-13-14-37)43(50)31-10-17-41-32(20-31)21-42(68-41)44(59)54-39-15-11-34(56(4)36-23-38(24-36)65-49(51,52)53)22-35-12-16-40(58(35)45(39)60)46(61)57-26-33(25-48(57)18-19-48)30-8-6-5-7-9-30/h5-10,17,20-21,28-29,33-40,43H,11-16,18-19,22-27H2,1-4H3,(H,54,59)(H,55,63)/t29-,33+,34-,35+,36?,38?,39-,40-,43+,67?/m0/s1. The number of hydrogen-bond donors (Lipinski definition) is 2. The highest BCUT2D eigenvalue weighted by atomic mass is 32.1. The number of amides is 3. The van der Waals surface area contributed by atoms with E-state index < -0.39 is 62.0 Å². The zero-order valence-electron chi connectivity index (χ0n) is 38.9. The summed E-state index contributed by atoms with van der Waals surface area (Å²) in [5, 5.41) is 6.12. The van der Waals surface area contributed by atoms with Crippen LogP contribution in [-0.2, 0) is 32.9 Å². The van der Waals surface area contributed by atoms with Gasteiger partial charge in [0.05, 0.1) is 23.7 Å². The van der Waals surface area contributed by atoms with E-state index in [4.69, 9.17) is 9.26 Å². The first kappa shape index (κ1) is 49.1. The molecule has 4 heterocycles. The van der Waals surface area contributed by atoms with Gasteiger partial charge in [0.15, 0.2) is 0 Å². The van der Waals surface area contributed by atoms with Crippen molar-refractivity contribution in [1.82, 2.24) is 25.1 Å². The van der Waals surface area contributed by atoms with E-state index in [9.17, 15) is 36.9 Å². The van der Waals surface area contributed by atoms with Crippen LogP contribution < -0.4 is 10.4 Å². The third kappa shape index (κ3) is 10.6. The van der Waals surface area contributed by atoms with E-state index in [1.807, 2.05) is 44.0 Å². The molecule has 3 saturated heterocycles. The van der Waals surface area contributed by atoms with Crippen LogP contribution in [0.4, 0.5) is 17.6 Å². The number of carbonyl (C=O) groups excluding carboxylic acids is 4. The van der Waals surface area contributed by atoms with Crippen molar-refractivity contribution in [2.75, 3.05) is 20.2 Å². The Morgan fingerprint density at radius 1 is 0.941 bits per heavy atom. The zero-order valence-corrected chi connectivity index (χ0v) is 40.6. The number of halogens is 4. The molecule has 8 atom stereocenters. The van der Waals surface area contributed by atoms with E-state index in [1.54, 1.807) is 17.0 Å². The number of alkyl halides is 4. The second kappa shape index (κ2) is 19.3. The van der Waals surface area contributed by atoms with E-state index in [0.29, 0.717) is 55.2 Å². The molecule has 3 aromatic rings. The molecular weight excluding hydrogens is 926 g/mol. The smallest absolute Gasteiger partial charge is 0.464 e. The summed E-state index contributed by atoms with van der Waals surface area (Å²) < 4.78 is 85.8. The number of carbonyl (C=O) groups is 4. The van der Waals surface area contributed by atoms with Gasteiger partial charge in [0.1, 0.15) is 18.1 Å². The molecule has 1 unspecified atom stereocenters. The number of benzene rings is 2. The Balaban J connectivity index is 0.937. The average molecular weight is 988 g/mol. The first-order chi connectivity index (χ1) is 32.3. The highest BCUT2D eigenvalue weighted by Crippen LogP contribution is 2.61. The maximum atomic E-state index is 16.5. The molecule has 6 fully saturated rings. The highest BCUT2D eigenvalue weighted by Gasteiger charge is 2.59. The Labute approximate surface area is 398 Å². The molecule has 1 aromatic heterocycles. The molecule has 2 N–H and O–H groups in total. The predicted molar refractivity (Wildman–Crippen MR) is 248 cm³/mol. The fraction of sp³-hybridized carbons (Fsp3) is 0.633. The lowest BCUT2D eigenvalue weighted by Crippen LogP contribution is -2.60. The number of ether oxygens (including phenoxy) is 2. The fourth-order valence-corrected chi connectivity index (χ4v) is 13.9. The van der Waals surface area contributed by atoms with Crippen molar-refractivity contribution in [3.05, 3.63) is 70.6 Å². The number of esters is 1. The van der Waals surface area contributed by atoms with E-state index in [0.717, 1.165) is 30.6 Å². The number of hydrogen-bond acceptors (Lipinski definition) is 10. The molecule has 0 bridgehead atoms. The summed E-state index contributed by atoms with van der Waals surface area (Å²) in [6.07, 6.45) is 0.536. The van der Waals surface area contributed by atoms with Crippen LogP contribution in [0.25, 0.3) is 10.1 Å². The topological polar surface area (TPSA) is 147 Å². The predicted octanol–water partition coefficient (Wildman–Crippen LogP) is 8.98. The van der Waals surface area contributed by atoms with Gasteiger partial charge in [0.25, 0.3) is 5.91 Å². The Hall–Kier alpha value is -3.93. The summed E-state index contributed by atoms with van der Waals surface area (Å²) in [4.78, 5) is 62.8. The van der Waals surface area contributed by atoms with Crippen molar-refractivity contribution >= 4 is 52.6 Å². The van der Waals surface area contributed by atoms with Crippen molar-refractivity contribution in [3.63, 3.8) is 0 Å². The molecule has 370 valence electrons. The zero-order chi connectivity index (χ0) is 48.3. The van der Waals surface area contributed by atoms with Crippen LogP contribution in [0.3, 0.4) is 0 Å². The molecule has 3 amide bonds. The van der Waals surface area contributed by atoms with Gasteiger partial charge >= 0.3 is 19.9 Å². The third-order valence-electron chi connectivity index (χ3n) is 14.9. The Bertz CT molecular complexity index is 2410. The number of nitrogens with zero attached hydrogens (tertiary/aromatic N) is 3. The monoisotopic (exact) mass is 987 g/mol. The first-order valence-corrected chi connectivity index (χ1v) is 26.7. The van der Waals surface area contributed by atoms with Gasteiger partial charge in [-0.05, 0) is 132 Å². The number of fused-ring (bicyclic) bond motifs is 2. The number of thiophene rings is 1. The lowest BCUT2D eigenvalue weighted by molar-refractivity contribution is -0.354. The van der Waals surface area contributed by atoms with E-state index in [-0.39, 0.29) is 83.6 Å². The fourth-order valence-electron chi connectivity index (χ4n) is 10.8. The van der Waals surface area contributed by atoms with E-state index >= 15 is 4.39 Å². The van der Waals surface area contributed by atoms with Crippen molar-refractivity contribution < 1.29 is 55.3 Å². The van der Waals surface area contributed by atoms with Crippen molar-refractivity contribution in [2.45, 2.75) is 170 Å². The van der Waals surface area contributed by atoms with Crippen molar-refractivity contribution in [2.24, 2.45) is 5.92 Å². The van der Waals surface area contributed by atoms with Crippen LogP contribution in [0.2, 0.25) is 0 Å². The quantitative estimate of drug-likeness (QED) is 0.0810. The molecule has 3 aliphatic carbocycles. The molecule has 6 aliphatic rings. The minimum absolute atomic E-state index is 0.0338. The maximum Gasteiger partial charge on any atom is 0.522 e. The molecule has 9 rings (SSSR count). The van der Waals surface area contributed by atoms with Crippen LogP contribution in [0.1, 0.15) is 130 Å². The molecule has 1 spiro atoms. The van der Waals surface area contributed by atoms with Crippen LogP contribution in [0.5, 0.6) is 0 Å². The average Bonchev–Trinajstić information content (AvgIpc) is 4.12. The molecule has 3 aliphatic heterocycles. The molecule has 13 nitrogen and oxygen atoms in total. The third-order valence-corrected chi connectivity index (χ3v) is 18.3.